The maximum Gasteiger partial charge on any atom is 0.240 e. The van der Waals surface area contributed by atoms with Gasteiger partial charge in [-0.1, -0.05) is 12.1 Å². The topological polar surface area (TPSA) is 85.8 Å². The average molecular weight is 509 g/mol. The molecule has 1 aliphatic rings. The van der Waals surface area contributed by atoms with E-state index in [-0.39, 0.29) is 28.9 Å². The first-order valence-corrected chi connectivity index (χ1v) is 10.6. The number of hydrogen-bond acceptors (Lipinski definition) is 4. The van der Waals surface area contributed by atoms with Crippen molar-refractivity contribution in [2.45, 2.75) is 50.2 Å². The van der Waals surface area contributed by atoms with Crippen LogP contribution in [-0.4, -0.2) is 58.5 Å². The van der Waals surface area contributed by atoms with Gasteiger partial charge in [0.15, 0.2) is 5.96 Å². The third kappa shape index (κ3) is 7.20. The zero-order valence-electron chi connectivity index (χ0n) is 16.5. The van der Waals surface area contributed by atoms with Crippen LogP contribution in [0.15, 0.2) is 34.2 Å². The number of likely N-dealkylation sites (tertiary alicyclic amines) is 1. The second-order valence-electron chi connectivity index (χ2n) is 6.83. The van der Waals surface area contributed by atoms with E-state index in [4.69, 9.17) is 0 Å². The Balaban J connectivity index is 0.00000364. The summed E-state index contributed by atoms with van der Waals surface area (Å²) in [5, 5.41) is 6.79. The number of nitrogens with zero attached hydrogens (tertiary/aromatic N) is 2. The summed E-state index contributed by atoms with van der Waals surface area (Å²) in [5.74, 6) is 0.778. The predicted octanol–water partition coefficient (Wildman–Crippen LogP) is 1.75. The van der Waals surface area contributed by atoms with Crippen LogP contribution in [0.3, 0.4) is 0 Å². The molecule has 3 N–H and O–H groups in total. The standard InChI is InChI=1S/C18H31N5O2S.HI/c1-14(2)23-11-9-16(10-12-23)22-18(19-3)21-13-15-5-7-17(8-6-15)26(24,25)20-4;/h5-8,14,16,20H,9-13H2,1-4H3,(H2,19,21,22);1H. The van der Waals surface area contributed by atoms with Crippen LogP contribution in [0, 0.1) is 0 Å². The lowest BCUT2D eigenvalue weighted by atomic mass is 10.0. The summed E-state index contributed by atoms with van der Waals surface area (Å²) in [4.78, 5) is 7.06. The summed E-state index contributed by atoms with van der Waals surface area (Å²) in [6.07, 6.45) is 2.21. The van der Waals surface area contributed by atoms with E-state index >= 15 is 0 Å². The zero-order valence-corrected chi connectivity index (χ0v) is 19.7. The Morgan fingerprint density at radius 1 is 1.22 bits per heavy atom. The number of benzene rings is 1. The third-order valence-corrected chi connectivity index (χ3v) is 6.22. The molecule has 0 bridgehead atoms. The van der Waals surface area contributed by atoms with Crippen LogP contribution in [0.5, 0.6) is 0 Å². The molecule has 154 valence electrons. The van der Waals surface area contributed by atoms with E-state index in [1.165, 1.54) is 7.05 Å². The molecule has 1 aromatic rings. The van der Waals surface area contributed by atoms with Crippen LogP contribution in [0.4, 0.5) is 0 Å². The number of sulfonamides is 1. The highest BCUT2D eigenvalue weighted by Gasteiger charge is 2.21. The third-order valence-electron chi connectivity index (χ3n) is 4.79. The molecule has 0 aromatic heterocycles. The van der Waals surface area contributed by atoms with Gasteiger partial charge in [-0.25, -0.2) is 13.1 Å². The minimum atomic E-state index is -3.39. The van der Waals surface area contributed by atoms with Gasteiger partial charge < -0.3 is 15.5 Å². The lowest BCUT2D eigenvalue weighted by Gasteiger charge is -2.35. The minimum absolute atomic E-state index is 0. The van der Waals surface area contributed by atoms with E-state index in [0.29, 0.717) is 18.6 Å². The predicted molar refractivity (Wildman–Crippen MR) is 121 cm³/mol. The normalized spacial score (nSPS) is 16.9. The largest absolute Gasteiger partial charge is 0.354 e. The van der Waals surface area contributed by atoms with Gasteiger partial charge in [0, 0.05) is 38.8 Å². The fourth-order valence-electron chi connectivity index (χ4n) is 3.04. The lowest BCUT2D eigenvalue weighted by Crippen LogP contribution is -2.49. The van der Waals surface area contributed by atoms with Crippen LogP contribution in [0.1, 0.15) is 32.3 Å². The van der Waals surface area contributed by atoms with Crippen molar-refractivity contribution < 1.29 is 8.42 Å². The Labute approximate surface area is 180 Å². The van der Waals surface area contributed by atoms with E-state index in [1.54, 1.807) is 19.2 Å². The van der Waals surface area contributed by atoms with Gasteiger partial charge in [0.1, 0.15) is 0 Å². The maximum absolute atomic E-state index is 11.8. The maximum atomic E-state index is 11.8. The second kappa shape index (κ2) is 11.2. The van der Waals surface area contributed by atoms with Crippen LogP contribution >= 0.6 is 24.0 Å². The molecule has 1 saturated heterocycles. The van der Waals surface area contributed by atoms with Crippen molar-refractivity contribution in [1.82, 2.24) is 20.3 Å². The second-order valence-corrected chi connectivity index (χ2v) is 8.71. The fraction of sp³-hybridized carbons (Fsp3) is 0.611. The number of piperidine rings is 1. The Bertz CT molecular complexity index is 699. The molecule has 0 unspecified atom stereocenters. The summed E-state index contributed by atoms with van der Waals surface area (Å²) < 4.78 is 25.8. The summed E-state index contributed by atoms with van der Waals surface area (Å²) in [7, 11) is -0.217. The van der Waals surface area contributed by atoms with E-state index in [1.807, 2.05) is 12.1 Å². The Hall–Kier alpha value is -0.910. The van der Waals surface area contributed by atoms with Crippen molar-refractivity contribution >= 4 is 40.0 Å². The molecule has 1 fully saturated rings. The molecular weight excluding hydrogens is 477 g/mol. The van der Waals surface area contributed by atoms with Gasteiger partial charge >= 0.3 is 0 Å². The van der Waals surface area contributed by atoms with Gasteiger partial charge in [0.05, 0.1) is 4.90 Å². The molecule has 0 amide bonds. The smallest absolute Gasteiger partial charge is 0.240 e. The number of nitrogens with one attached hydrogen (secondary N) is 3. The number of rotatable bonds is 6. The van der Waals surface area contributed by atoms with Gasteiger partial charge in [-0.2, -0.15) is 0 Å². The van der Waals surface area contributed by atoms with Crippen molar-refractivity contribution in [3.63, 3.8) is 0 Å². The summed E-state index contributed by atoms with van der Waals surface area (Å²) in [6, 6.07) is 7.88. The highest BCUT2D eigenvalue weighted by molar-refractivity contribution is 14.0. The number of guanidine groups is 1. The highest BCUT2D eigenvalue weighted by atomic mass is 127. The van der Waals surface area contributed by atoms with Crippen molar-refractivity contribution in [3.05, 3.63) is 29.8 Å². The molecule has 2 rings (SSSR count). The van der Waals surface area contributed by atoms with Gasteiger partial charge in [0.2, 0.25) is 10.0 Å². The van der Waals surface area contributed by atoms with E-state index in [2.05, 4.69) is 39.1 Å². The van der Waals surface area contributed by atoms with Crippen LogP contribution in [0.2, 0.25) is 0 Å². The zero-order chi connectivity index (χ0) is 19.2. The summed E-state index contributed by atoms with van der Waals surface area (Å²) in [6.45, 7) is 7.27. The van der Waals surface area contributed by atoms with Crippen molar-refractivity contribution in [2.24, 2.45) is 4.99 Å². The number of halogens is 1. The van der Waals surface area contributed by atoms with Gasteiger partial charge in [-0.3, -0.25) is 4.99 Å². The van der Waals surface area contributed by atoms with Gasteiger partial charge in [0.25, 0.3) is 0 Å². The Kier molecular flexibility index (Phi) is 9.99. The van der Waals surface area contributed by atoms with Gasteiger partial charge in [-0.05, 0) is 51.4 Å². The molecular formula is C18H32IN5O2S. The summed E-state index contributed by atoms with van der Waals surface area (Å²) >= 11 is 0. The monoisotopic (exact) mass is 509 g/mol. The molecule has 0 aliphatic carbocycles. The van der Waals surface area contributed by atoms with Crippen molar-refractivity contribution in [3.8, 4) is 0 Å². The Morgan fingerprint density at radius 3 is 2.30 bits per heavy atom. The molecule has 1 aliphatic heterocycles. The SMILES string of the molecule is CN=C(NCc1ccc(S(=O)(=O)NC)cc1)NC1CCN(C(C)C)CC1.I. The van der Waals surface area contributed by atoms with Crippen LogP contribution in [0.25, 0.3) is 0 Å². The molecule has 0 radical (unpaired) electrons. The van der Waals surface area contributed by atoms with E-state index in [9.17, 15) is 8.42 Å². The lowest BCUT2D eigenvalue weighted by molar-refractivity contribution is 0.167. The first-order valence-electron chi connectivity index (χ1n) is 9.09. The Morgan fingerprint density at radius 2 is 1.81 bits per heavy atom. The van der Waals surface area contributed by atoms with E-state index in [0.717, 1.165) is 37.5 Å². The number of hydrogen-bond donors (Lipinski definition) is 3. The molecule has 27 heavy (non-hydrogen) atoms. The average Bonchev–Trinajstić information content (AvgIpc) is 2.65. The van der Waals surface area contributed by atoms with Gasteiger partial charge in [-0.15, -0.1) is 24.0 Å². The molecule has 0 spiro atoms. The molecule has 0 saturated carbocycles. The molecule has 0 atom stereocenters. The molecule has 1 heterocycles. The first-order chi connectivity index (χ1) is 12.4. The van der Waals surface area contributed by atoms with E-state index < -0.39 is 10.0 Å². The fourth-order valence-corrected chi connectivity index (χ4v) is 3.77. The van der Waals surface area contributed by atoms with Crippen molar-refractivity contribution in [1.29, 1.82) is 0 Å². The molecule has 7 nitrogen and oxygen atoms in total. The highest BCUT2D eigenvalue weighted by Crippen LogP contribution is 2.13. The minimum Gasteiger partial charge on any atom is -0.354 e. The van der Waals surface area contributed by atoms with Crippen LogP contribution < -0.4 is 15.4 Å². The molecule has 1 aromatic carbocycles. The quantitative estimate of drug-likeness (QED) is 0.309. The number of aliphatic imine (C=N–C) groups is 1. The first kappa shape index (κ1) is 24.1. The van der Waals surface area contributed by atoms with Crippen molar-refractivity contribution in [2.75, 3.05) is 27.2 Å². The molecule has 9 heteroatoms. The summed E-state index contributed by atoms with van der Waals surface area (Å²) in [5.41, 5.74) is 0.998. The van der Waals surface area contributed by atoms with Crippen LogP contribution in [-0.2, 0) is 16.6 Å².